The number of unbranched alkanes of at least 4 members (excludes halogenated alkanes) is 8. The summed E-state index contributed by atoms with van der Waals surface area (Å²) in [5.41, 5.74) is 0. The van der Waals surface area contributed by atoms with Crippen LogP contribution in [0.25, 0.3) is 0 Å². The first-order valence-corrected chi connectivity index (χ1v) is 9.36. The van der Waals surface area contributed by atoms with E-state index in [9.17, 15) is 4.79 Å². The van der Waals surface area contributed by atoms with E-state index in [0.29, 0.717) is 0 Å². The van der Waals surface area contributed by atoms with Crippen LogP contribution in [-0.2, 0) is 4.79 Å². The fourth-order valence-electron chi connectivity index (χ4n) is 2.88. The summed E-state index contributed by atoms with van der Waals surface area (Å²) in [7, 11) is 0. The monoisotopic (exact) mass is 319 g/mol. The predicted molar refractivity (Wildman–Crippen MR) is 102 cm³/mol. The first-order chi connectivity index (χ1) is 11.2. The third-order valence-corrected chi connectivity index (χ3v) is 4.27. The number of carbonyl (C=O) groups is 1. The van der Waals surface area contributed by atoms with E-state index in [1.54, 1.807) is 0 Å². The second-order valence-electron chi connectivity index (χ2n) is 6.38. The van der Waals surface area contributed by atoms with E-state index in [-0.39, 0.29) is 5.91 Å². The van der Waals surface area contributed by atoms with Crippen LogP contribution in [-0.4, -0.2) is 12.5 Å². The van der Waals surface area contributed by atoms with Crippen LogP contribution in [0, 0.1) is 5.92 Å². The highest BCUT2D eigenvalue weighted by atomic mass is 16.1. The van der Waals surface area contributed by atoms with Gasteiger partial charge in [0.2, 0.25) is 5.91 Å². The molecular formula is C21H37NO. The molecule has 0 aliphatic heterocycles. The number of rotatable bonds is 17. The molecule has 0 saturated heterocycles. The second-order valence-corrected chi connectivity index (χ2v) is 6.38. The van der Waals surface area contributed by atoms with Crippen LogP contribution in [0.1, 0.15) is 77.0 Å². The molecular weight excluding hydrogens is 282 g/mol. The molecule has 1 amide bonds. The van der Waals surface area contributed by atoms with Gasteiger partial charge in [0.1, 0.15) is 0 Å². The quantitative estimate of drug-likeness (QED) is 0.200. The van der Waals surface area contributed by atoms with Gasteiger partial charge in [-0.15, -0.1) is 13.2 Å². The van der Waals surface area contributed by atoms with Gasteiger partial charge >= 0.3 is 0 Å². The van der Waals surface area contributed by atoms with E-state index in [2.05, 4.69) is 25.1 Å². The molecule has 2 heteroatoms. The molecule has 0 bridgehead atoms. The summed E-state index contributed by atoms with van der Waals surface area (Å²) < 4.78 is 0. The van der Waals surface area contributed by atoms with Crippen molar-refractivity contribution in [3.8, 4) is 0 Å². The molecule has 23 heavy (non-hydrogen) atoms. The zero-order valence-electron chi connectivity index (χ0n) is 15.0. The highest BCUT2D eigenvalue weighted by Crippen LogP contribution is 2.19. The summed E-state index contributed by atoms with van der Waals surface area (Å²) in [4.78, 5) is 10.9. The van der Waals surface area contributed by atoms with Gasteiger partial charge in [-0.2, -0.15) is 0 Å². The molecule has 0 atom stereocenters. The summed E-state index contributed by atoms with van der Waals surface area (Å²) in [6, 6.07) is 0. The number of amides is 1. The van der Waals surface area contributed by atoms with Gasteiger partial charge in [0.15, 0.2) is 0 Å². The predicted octanol–water partition coefficient (Wildman–Crippen LogP) is 5.96. The Labute approximate surface area is 144 Å². The van der Waals surface area contributed by atoms with Crippen molar-refractivity contribution < 1.29 is 4.79 Å². The van der Waals surface area contributed by atoms with Gasteiger partial charge in [-0.1, -0.05) is 70.1 Å². The Morgan fingerprint density at radius 2 is 1.26 bits per heavy atom. The van der Waals surface area contributed by atoms with Crippen LogP contribution >= 0.6 is 0 Å². The first-order valence-electron chi connectivity index (χ1n) is 9.36. The van der Waals surface area contributed by atoms with Gasteiger partial charge in [0.25, 0.3) is 0 Å². The SMILES string of the molecule is C=CCC(CC=C)CCCCCCCCCCCNC(=O)C=C. The third-order valence-electron chi connectivity index (χ3n) is 4.27. The molecule has 0 radical (unpaired) electrons. The molecule has 0 aromatic carbocycles. The molecule has 132 valence electrons. The van der Waals surface area contributed by atoms with Crippen molar-refractivity contribution in [2.24, 2.45) is 5.92 Å². The van der Waals surface area contributed by atoms with Crippen molar-refractivity contribution in [1.82, 2.24) is 5.32 Å². The fourth-order valence-corrected chi connectivity index (χ4v) is 2.88. The van der Waals surface area contributed by atoms with Crippen LogP contribution in [0.4, 0.5) is 0 Å². The van der Waals surface area contributed by atoms with Crippen molar-refractivity contribution in [2.75, 3.05) is 6.54 Å². The minimum atomic E-state index is -0.0616. The van der Waals surface area contributed by atoms with E-state index in [1.165, 1.54) is 63.9 Å². The zero-order valence-corrected chi connectivity index (χ0v) is 15.0. The lowest BCUT2D eigenvalue weighted by molar-refractivity contribution is -0.116. The second kappa shape index (κ2) is 17.1. The summed E-state index contributed by atoms with van der Waals surface area (Å²) >= 11 is 0. The number of hydrogen-bond acceptors (Lipinski definition) is 1. The lowest BCUT2D eigenvalue weighted by atomic mass is 9.94. The van der Waals surface area contributed by atoms with Gasteiger partial charge in [-0.25, -0.2) is 0 Å². The average Bonchev–Trinajstić information content (AvgIpc) is 2.55. The molecule has 0 aliphatic rings. The summed E-state index contributed by atoms with van der Waals surface area (Å²) in [6.45, 7) is 11.9. The smallest absolute Gasteiger partial charge is 0.243 e. The van der Waals surface area contributed by atoms with Gasteiger partial charge in [-0.05, 0) is 37.7 Å². The summed E-state index contributed by atoms with van der Waals surface area (Å²) in [5, 5.41) is 2.82. The molecule has 0 aliphatic carbocycles. The fraction of sp³-hybridized carbons (Fsp3) is 0.667. The Balaban J connectivity index is 3.26. The van der Waals surface area contributed by atoms with Gasteiger partial charge in [-0.3, -0.25) is 4.79 Å². The maximum Gasteiger partial charge on any atom is 0.243 e. The van der Waals surface area contributed by atoms with Crippen molar-refractivity contribution in [1.29, 1.82) is 0 Å². The van der Waals surface area contributed by atoms with Crippen molar-refractivity contribution in [3.63, 3.8) is 0 Å². The van der Waals surface area contributed by atoms with Crippen molar-refractivity contribution >= 4 is 5.91 Å². The normalized spacial score (nSPS) is 10.5. The first kappa shape index (κ1) is 21.7. The minimum absolute atomic E-state index is 0.0616. The molecule has 0 spiro atoms. The topological polar surface area (TPSA) is 29.1 Å². The molecule has 0 unspecified atom stereocenters. The number of hydrogen-bond donors (Lipinski definition) is 1. The van der Waals surface area contributed by atoms with Crippen LogP contribution in [0.5, 0.6) is 0 Å². The van der Waals surface area contributed by atoms with Crippen LogP contribution in [0.3, 0.4) is 0 Å². The zero-order chi connectivity index (χ0) is 17.2. The third kappa shape index (κ3) is 15.4. The molecule has 0 heterocycles. The molecule has 2 nitrogen and oxygen atoms in total. The Kier molecular flexibility index (Phi) is 16.1. The lowest BCUT2D eigenvalue weighted by Crippen LogP contribution is -2.21. The summed E-state index contributed by atoms with van der Waals surface area (Å²) in [6.07, 6.45) is 20.6. The van der Waals surface area contributed by atoms with Gasteiger partial charge in [0, 0.05) is 6.54 Å². The van der Waals surface area contributed by atoms with E-state index in [1.807, 2.05) is 12.2 Å². The van der Waals surface area contributed by atoms with E-state index in [0.717, 1.165) is 31.7 Å². The van der Waals surface area contributed by atoms with Crippen LogP contribution in [0.2, 0.25) is 0 Å². The Bertz CT molecular complexity index is 312. The Morgan fingerprint density at radius 1 is 0.783 bits per heavy atom. The Morgan fingerprint density at radius 3 is 1.74 bits per heavy atom. The average molecular weight is 320 g/mol. The van der Waals surface area contributed by atoms with Gasteiger partial charge < -0.3 is 5.32 Å². The Hall–Kier alpha value is -1.31. The van der Waals surface area contributed by atoms with Crippen LogP contribution in [0.15, 0.2) is 38.0 Å². The van der Waals surface area contributed by atoms with E-state index >= 15 is 0 Å². The number of allylic oxidation sites excluding steroid dienone is 2. The molecule has 0 saturated carbocycles. The number of nitrogens with one attached hydrogen (secondary N) is 1. The van der Waals surface area contributed by atoms with Crippen molar-refractivity contribution in [2.45, 2.75) is 77.0 Å². The number of carbonyl (C=O) groups excluding carboxylic acids is 1. The highest BCUT2D eigenvalue weighted by Gasteiger charge is 2.04. The van der Waals surface area contributed by atoms with E-state index in [4.69, 9.17) is 0 Å². The van der Waals surface area contributed by atoms with Crippen molar-refractivity contribution in [3.05, 3.63) is 38.0 Å². The molecule has 0 aromatic rings. The maximum absolute atomic E-state index is 10.9. The lowest BCUT2D eigenvalue weighted by Gasteiger charge is -2.12. The largest absolute Gasteiger partial charge is 0.353 e. The highest BCUT2D eigenvalue weighted by molar-refractivity contribution is 5.86. The van der Waals surface area contributed by atoms with Crippen LogP contribution < -0.4 is 5.32 Å². The maximum atomic E-state index is 10.9. The minimum Gasteiger partial charge on any atom is -0.353 e. The molecule has 0 aromatic heterocycles. The summed E-state index contributed by atoms with van der Waals surface area (Å²) in [5.74, 6) is 0.694. The molecule has 0 rings (SSSR count). The standard InChI is InChI=1S/C21H37NO/c1-4-16-20(17-5-2)18-14-12-10-8-7-9-11-13-15-19-22-21(23)6-3/h4-6,20H,1-3,7-19H2,(H,22,23). The molecule has 0 fully saturated rings. The van der Waals surface area contributed by atoms with E-state index < -0.39 is 0 Å². The van der Waals surface area contributed by atoms with Gasteiger partial charge in [0.05, 0.1) is 0 Å². The molecule has 1 N–H and O–H groups in total.